The minimum Gasteiger partial charge on any atom is -0.493 e. The molecule has 0 N–H and O–H groups in total. The lowest BCUT2D eigenvalue weighted by Gasteiger charge is -2.22. The molecule has 10 heteroatoms. The summed E-state index contributed by atoms with van der Waals surface area (Å²) in [6, 6.07) is 17.7. The number of nitrogens with zero attached hydrogens (tertiary/aromatic N) is 2. The normalized spacial score (nSPS) is 11.8. The number of rotatable bonds is 9. The Bertz CT molecular complexity index is 1430. The van der Waals surface area contributed by atoms with Crippen molar-refractivity contribution in [1.82, 2.24) is 10.1 Å². The zero-order valence-corrected chi connectivity index (χ0v) is 21.8. The summed E-state index contributed by atoms with van der Waals surface area (Å²) in [5.41, 5.74) is 2.63. The number of carbonyl (C=O) groups excluding carboxylic acids is 1. The van der Waals surface area contributed by atoms with Crippen LogP contribution in [0.4, 0.5) is 0 Å². The maximum atomic E-state index is 13.5. The van der Waals surface area contributed by atoms with E-state index in [1.807, 2.05) is 18.2 Å². The standard InChI is InChI=1S/C28H25ClN2O7/c1-33-25-11-19(12-26(34-2)27(25)35-3)23-13-21(30-38-23)15-31(28(32)18-5-7-20(29)8-6-18)14-17-4-9-22-24(10-17)37-16-36-22/h4-13H,14-16H2,1-3H3. The number of benzene rings is 3. The van der Waals surface area contributed by atoms with Crippen LogP contribution in [0.5, 0.6) is 28.7 Å². The fourth-order valence-electron chi connectivity index (χ4n) is 4.18. The van der Waals surface area contributed by atoms with Crippen LogP contribution in [-0.4, -0.2) is 44.1 Å². The molecule has 1 aliphatic rings. The molecule has 38 heavy (non-hydrogen) atoms. The van der Waals surface area contributed by atoms with Crippen molar-refractivity contribution in [3.63, 3.8) is 0 Å². The Morgan fingerprint density at radius 2 is 1.61 bits per heavy atom. The van der Waals surface area contributed by atoms with Gasteiger partial charge in [0.05, 0.1) is 27.9 Å². The molecule has 3 aromatic carbocycles. The fourth-order valence-corrected chi connectivity index (χ4v) is 4.30. The summed E-state index contributed by atoms with van der Waals surface area (Å²) in [7, 11) is 4.63. The largest absolute Gasteiger partial charge is 0.493 e. The molecular weight excluding hydrogens is 512 g/mol. The van der Waals surface area contributed by atoms with Gasteiger partial charge in [-0.05, 0) is 54.1 Å². The lowest BCUT2D eigenvalue weighted by atomic mass is 10.1. The van der Waals surface area contributed by atoms with Crippen molar-refractivity contribution in [1.29, 1.82) is 0 Å². The van der Waals surface area contributed by atoms with Gasteiger partial charge in [-0.2, -0.15) is 0 Å². The van der Waals surface area contributed by atoms with Crippen molar-refractivity contribution in [2.45, 2.75) is 13.1 Å². The molecule has 4 aromatic rings. The highest BCUT2D eigenvalue weighted by atomic mass is 35.5. The first-order chi connectivity index (χ1) is 18.5. The summed E-state index contributed by atoms with van der Waals surface area (Å²) in [6.07, 6.45) is 0. The van der Waals surface area contributed by atoms with Crippen molar-refractivity contribution in [2.75, 3.05) is 28.1 Å². The van der Waals surface area contributed by atoms with Crippen molar-refractivity contribution in [2.24, 2.45) is 0 Å². The summed E-state index contributed by atoms with van der Waals surface area (Å²) >= 11 is 6.03. The van der Waals surface area contributed by atoms with Crippen molar-refractivity contribution in [3.8, 4) is 40.1 Å². The SMILES string of the molecule is COc1cc(-c2cc(CN(Cc3ccc4c(c3)OCO4)C(=O)c3ccc(Cl)cc3)no2)cc(OC)c1OC. The molecule has 0 spiro atoms. The Morgan fingerprint density at radius 1 is 0.895 bits per heavy atom. The number of methoxy groups -OCH3 is 3. The number of ether oxygens (including phenoxy) is 5. The first kappa shape index (κ1) is 25.3. The smallest absolute Gasteiger partial charge is 0.254 e. The van der Waals surface area contributed by atoms with E-state index in [1.165, 1.54) is 0 Å². The molecule has 5 rings (SSSR count). The highest BCUT2D eigenvalue weighted by Gasteiger charge is 2.22. The van der Waals surface area contributed by atoms with E-state index in [-0.39, 0.29) is 19.2 Å². The van der Waals surface area contributed by atoms with Gasteiger partial charge >= 0.3 is 0 Å². The van der Waals surface area contributed by atoms with Crippen LogP contribution in [0, 0.1) is 0 Å². The Morgan fingerprint density at radius 3 is 2.29 bits per heavy atom. The summed E-state index contributed by atoms with van der Waals surface area (Å²) in [6.45, 7) is 0.684. The van der Waals surface area contributed by atoms with Gasteiger partial charge in [0.1, 0.15) is 5.69 Å². The Kier molecular flexibility index (Phi) is 7.28. The van der Waals surface area contributed by atoms with Crippen LogP contribution in [0.2, 0.25) is 5.02 Å². The van der Waals surface area contributed by atoms with E-state index in [4.69, 9.17) is 39.8 Å². The van der Waals surface area contributed by atoms with E-state index in [0.717, 1.165) is 5.56 Å². The number of hydrogen-bond donors (Lipinski definition) is 0. The number of fused-ring (bicyclic) bond motifs is 1. The van der Waals surface area contributed by atoms with E-state index in [1.54, 1.807) is 68.7 Å². The lowest BCUT2D eigenvalue weighted by molar-refractivity contribution is 0.0726. The van der Waals surface area contributed by atoms with Gasteiger partial charge < -0.3 is 33.1 Å². The fraction of sp³-hybridized carbons (Fsp3) is 0.214. The predicted molar refractivity (Wildman–Crippen MR) is 139 cm³/mol. The van der Waals surface area contributed by atoms with Gasteiger partial charge in [-0.3, -0.25) is 4.79 Å². The Balaban J connectivity index is 1.44. The third kappa shape index (κ3) is 5.19. The van der Waals surface area contributed by atoms with Crippen LogP contribution < -0.4 is 23.7 Å². The minimum atomic E-state index is -0.184. The Hall–Kier alpha value is -4.37. The van der Waals surface area contributed by atoms with Gasteiger partial charge in [0.2, 0.25) is 12.5 Å². The molecule has 0 atom stereocenters. The van der Waals surface area contributed by atoms with Crippen LogP contribution in [0.1, 0.15) is 21.6 Å². The molecule has 1 amide bonds. The molecule has 0 bridgehead atoms. The lowest BCUT2D eigenvalue weighted by Crippen LogP contribution is -2.30. The molecule has 0 saturated heterocycles. The van der Waals surface area contributed by atoms with Gasteiger partial charge in [0.25, 0.3) is 5.91 Å². The molecule has 1 aromatic heterocycles. The predicted octanol–water partition coefficient (Wildman–Crippen LogP) is 5.59. The quantitative estimate of drug-likeness (QED) is 0.273. The number of halogens is 1. The van der Waals surface area contributed by atoms with Gasteiger partial charge in [-0.1, -0.05) is 22.8 Å². The van der Waals surface area contributed by atoms with Crippen molar-refractivity contribution in [3.05, 3.63) is 82.5 Å². The zero-order valence-electron chi connectivity index (χ0n) is 21.0. The third-order valence-electron chi connectivity index (χ3n) is 6.05. The van der Waals surface area contributed by atoms with Gasteiger partial charge in [0.15, 0.2) is 28.8 Å². The van der Waals surface area contributed by atoms with Crippen LogP contribution in [-0.2, 0) is 13.1 Å². The average Bonchev–Trinajstić information content (AvgIpc) is 3.61. The molecular formula is C28H25ClN2O7. The summed E-state index contributed by atoms with van der Waals surface area (Å²) in [4.78, 5) is 15.2. The third-order valence-corrected chi connectivity index (χ3v) is 6.30. The molecule has 1 aliphatic heterocycles. The number of hydrogen-bond acceptors (Lipinski definition) is 8. The van der Waals surface area contributed by atoms with Crippen LogP contribution in [0.25, 0.3) is 11.3 Å². The van der Waals surface area contributed by atoms with E-state index >= 15 is 0 Å². The molecule has 0 radical (unpaired) electrons. The second-order valence-electron chi connectivity index (χ2n) is 8.45. The second-order valence-corrected chi connectivity index (χ2v) is 8.89. The molecule has 196 valence electrons. The summed E-state index contributed by atoms with van der Waals surface area (Å²) in [5.74, 6) is 3.08. The van der Waals surface area contributed by atoms with E-state index in [9.17, 15) is 4.79 Å². The summed E-state index contributed by atoms with van der Waals surface area (Å²) < 4.78 is 32.9. The zero-order chi connectivity index (χ0) is 26.6. The molecule has 9 nitrogen and oxygen atoms in total. The average molecular weight is 537 g/mol. The summed E-state index contributed by atoms with van der Waals surface area (Å²) in [5, 5.41) is 4.78. The minimum absolute atomic E-state index is 0.175. The topological polar surface area (TPSA) is 92.5 Å². The first-order valence-electron chi connectivity index (χ1n) is 11.7. The maximum absolute atomic E-state index is 13.5. The van der Waals surface area contributed by atoms with Gasteiger partial charge in [0, 0.05) is 28.8 Å². The maximum Gasteiger partial charge on any atom is 0.254 e. The monoisotopic (exact) mass is 536 g/mol. The van der Waals surface area contributed by atoms with Crippen molar-refractivity contribution >= 4 is 17.5 Å². The second kappa shape index (κ2) is 10.9. The molecule has 0 saturated carbocycles. The Labute approximate surface area is 224 Å². The van der Waals surface area contributed by atoms with E-state index < -0.39 is 0 Å². The van der Waals surface area contributed by atoms with Crippen LogP contribution in [0.15, 0.2) is 65.2 Å². The van der Waals surface area contributed by atoms with E-state index in [0.29, 0.717) is 62.9 Å². The molecule has 0 fully saturated rings. The first-order valence-corrected chi connectivity index (χ1v) is 12.1. The van der Waals surface area contributed by atoms with Gasteiger partial charge in [-0.15, -0.1) is 0 Å². The van der Waals surface area contributed by atoms with Crippen LogP contribution >= 0.6 is 11.6 Å². The van der Waals surface area contributed by atoms with Crippen molar-refractivity contribution < 1.29 is 33.0 Å². The van der Waals surface area contributed by atoms with Gasteiger partial charge in [-0.25, -0.2) is 0 Å². The number of amides is 1. The molecule has 0 unspecified atom stereocenters. The molecule has 2 heterocycles. The van der Waals surface area contributed by atoms with Crippen LogP contribution in [0.3, 0.4) is 0 Å². The number of aromatic nitrogens is 1. The highest BCUT2D eigenvalue weighted by Crippen LogP contribution is 2.41. The highest BCUT2D eigenvalue weighted by molar-refractivity contribution is 6.30. The van der Waals surface area contributed by atoms with E-state index in [2.05, 4.69) is 5.16 Å². The molecule has 0 aliphatic carbocycles. The number of carbonyl (C=O) groups is 1.